The van der Waals surface area contributed by atoms with Gasteiger partial charge in [0, 0.05) is 12.6 Å². The first kappa shape index (κ1) is 6.01. The third-order valence-electron chi connectivity index (χ3n) is 1.41. The van der Waals surface area contributed by atoms with E-state index in [1.54, 1.807) is 0 Å². The fourth-order valence-electron chi connectivity index (χ4n) is 0.826. The van der Waals surface area contributed by atoms with Crippen molar-refractivity contribution >= 4 is 0 Å². The second-order valence-electron chi connectivity index (χ2n) is 2.14. The van der Waals surface area contributed by atoms with Crippen LogP contribution in [0.1, 0.15) is 12.8 Å². The van der Waals surface area contributed by atoms with Crippen molar-refractivity contribution in [1.82, 2.24) is 0 Å². The van der Waals surface area contributed by atoms with E-state index in [-0.39, 0.29) is 12.3 Å². The van der Waals surface area contributed by atoms with Gasteiger partial charge in [-0.2, -0.15) is 0 Å². The van der Waals surface area contributed by atoms with Crippen LogP contribution in [0.5, 0.6) is 0 Å². The van der Waals surface area contributed by atoms with Crippen LogP contribution in [0.15, 0.2) is 0 Å². The maximum atomic E-state index is 5.53. The van der Waals surface area contributed by atoms with Crippen molar-refractivity contribution in [2.45, 2.75) is 25.1 Å². The second kappa shape index (κ2) is 2.44. The van der Waals surface area contributed by atoms with Gasteiger partial charge in [-0.15, -0.1) is 0 Å². The van der Waals surface area contributed by atoms with Crippen molar-refractivity contribution in [3.05, 3.63) is 0 Å². The Bertz CT molecular complexity index is 66.8. The van der Waals surface area contributed by atoms with Gasteiger partial charge in [0.05, 0.1) is 0 Å². The van der Waals surface area contributed by atoms with Crippen LogP contribution < -0.4 is 11.5 Å². The van der Waals surface area contributed by atoms with E-state index in [0.717, 1.165) is 19.4 Å². The van der Waals surface area contributed by atoms with Crippen LogP contribution in [0.4, 0.5) is 0 Å². The van der Waals surface area contributed by atoms with Gasteiger partial charge in [0.1, 0.15) is 6.23 Å². The third-order valence-corrected chi connectivity index (χ3v) is 1.41. The molecule has 3 nitrogen and oxygen atoms in total. The SMILES string of the molecule is NC1CCCOC1N. The summed E-state index contributed by atoms with van der Waals surface area (Å²) < 4.78 is 5.04. The molecule has 0 radical (unpaired) electrons. The predicted molar refractivity (Wildman–Crippen MR) is 31.1 cm³/mol. The number of hydrogen-bond donors (Lipinski definition) is 2. The summed E-state index contributed by atoms with van der Waals surface area (Å²) in [7, 11) is 0. The van der Waals surface area contributed by atoms with Crippen LogP contribution in [0.3, 0.4) is 0 Å². The van der Waals surface area contributed by atoms with Crippen LogP contribution in [0.2, 0.25) is 0 Å². The largest absolute Gasteiger partial charge is 0.362 e. The van der Waals surface area contributed by atoms with Gasteiger partial charge in [-0.05, 0) is 12.8 Å². The molecule has 8 heavy (non-hydrogen) atoms. The molecule has 2 unspecified atom stereocenters. The number of ether oxygens (including phenoxy) is 1. The molecule has 1 rings (SSSR count). The monoisotopic (exact) mass is 116 g/mol. The Hall–Kier alpha value is -0.120. The highest BCUT2D eigenvalue weighted by Gasteiger charge is 2.17. The first-order valence-electron chi connectivity index (χ1n) is 2.93. The minimum absolute atomic E-state index is 0.0590. The van der Waals surface area contributed by atoms with Crippen molar-refractivity contribution < 1.29 is 4.74 Å². The van der Waals surface area contributed by atoms with Crippen molar-refractivity contribution in [2.24, 2.45) is 11.5 Å². The highest BCUT2D eigenvalue weighted by Crippen LogP contribution is 2.06. The number of hydrogen-bond acceptors (Lipinski definition) is 3. The molecule has 0 aromatic heterocycles. The minimum atomic E-state index is -0.219. The summed E-state index contributed by atoms with van der Waals surface area (Å²) in [6.45, 7) is 0.773. The summed E-state index contributed by atoms with van der Waals surface area (Å²) in [6, 6.07) is 0.0590. The Labute approximate surface area is 49.0 Å². The normalized spacial score (nSPS) is 39.8. The van der Waals surface area contributed by atoms with Crippen molar-refractivity contribution in [2.75, 3.05) is 6.61 Å². The molecule has 4 N–H and O–H groups in total. The van der Waals surface area contributed by atoms with Crippen LogP contribution >= 0.6 is 0 Å². The predicted octanol–water partition coefficient (Wildman–Crippen LogP) is -0.591. The molecule has 0 aromatic rings. The molecule has 2 atom stereocenters. The summed E-state index contributed by atoms with van der Waals surface area (Å²) >= 11 is 0. The van der Waals surface area contributed by atoms with Gasteiger partial charge in [0.25, 0.3) is 0 Å². The lowest BCUT2D eigenvalue weighted by atomic mass is 10.1. The highest BCUT2D eigenvalue weighted by molar-refractivity contribution is 4.71. The van der Waals surface area contributed by atoms with Crippen molar-refractivity contribution in [3.63, 3.8) is 0 Å². The standard InChI is InChI=1S/C5H12N2O/c6-4-2-1-3-8-5(4)7/h4-5H,1-3,6-7H2. The summed E-state index contributed by atoms with van der Waals surface area (Å²) in [5.74, 6) is 0. The third kappa shape index (κ3) is 1.18. The second-order valence-corrected chi connectivity index (χ2v) is 2.14. The lowest BCUT2D eigenvalue weighted by Gasteiger charge is -2.24. The van der Waals surface area contributed by atoms with E-state index in [1.807, 2.05) is 0 Å². The first-order chi connectivity index (χ1) is 3.80. The van der Waals surface area contributed by atoms with Gasteiger partial charge in [0.2, 0.25) is 0 Å². The lowest BCUT2D eigenvalue weighted by Crippen LogP contribution is -2.46. The summed E-state index contributed by atoms with van der Waals surface area (Å²) in [6.07, 6.45) is 1.83. The molecule has 1 aliphatic rings. The molecular formula is C5H12N2O. The minimum Gasteiger partial charge on any atom is -0.362 e. The Morgan fingerprint density at radius 3 is 2.50 bits per heavy atom. The summed E-state index contributed by atoms with van der Waals surface area (Å²) in [5.41, 5.74) is 11.0. The van der Waals surface area contributed by atoms with Crippen molar-refractivity contribution in [1.29, 1.82) is 0 Å². The zero-order chi connectivity index (χ0) is 5.98. The number of nitrogens with two attached hydrogens (primary N) is 2. The zero-order valence-electron chi connectivity index (χ0n) is 4.84. The topological polar surface area (TPSA) is 61.3 Å². The maximum Gasteiger partial charge on any atom is 0.120 e. The van der Waals surface area contributed by atoms with Crippen molar-refractivity contribution in [3.8, 4) is 0 Å². The molecule has 0 aromatic carbocycles. The fourth-order valence-corrected chi connectivity index (χ4v) is 0.826. The van der Waals surface area contributed by atoms with Crippen LogP contribution in [-0.4, -0.2) is 18.9 Å². The van der Waals surface area contributed by atoms with E-state index >= 15 is 0 Å². The van der Waals surface area contributed by atoms with E-state index in [1.165, 1.54) is 0 Å². The fraction of sp³-hybridized carbons (Fsp3) is 1.00. The van der Waals surface area contributed by atoms with Gasteiger partial charge >= 0.3 is 0 Å². The molecule has 1 heterocycles. The van der Waals surface area contributed by atoms with E-state index in [2.05, 4.69) is 0 Å². The first-order valence-corrected chi connectivity index (χ1v) is 2.93. The molecule has 1 fully saturated rings. The van der Waals surface area contributed by atoms with E-state index in [4.69, 9.17) is 16.2 Å². The molecule has 0 spiro atoms. The molecule has 0 aliphatic carbocycles. The molecule has 0 amide bonds. The van der Waals surface area contributed by atoms with E-state index in [0.29, 0.717) is 0 Å². The van der Waals surface area contributed by atoms with Crippen LogP contribution in [0, 0.1) is 0 Å². The molecule has 1 aliphatic heterocycles. The Morgan fingerprint density at radius 1 is 1.38 bits per heavy atom. The van der Waals surface area contributed by atoms with Gasteiger partial charge in [-0.1, -0.05) is 0 Å². The molecule has 48 valence electrons. The average Bonchev–Trinajstić information content (AvgIpc) is 1.77. The Balaban J connectivity index is 2.28. The Morgan fingerprint density at radius 2 is 2.12 bits per heavy atom. The maximum absolute atomic E-state index is 5.53. The van der Waals surface area contributed by atoms with Gasteiger partial charge < -0.3 is 16.2 Å². The Kier molecular flexibility index (Phi) is 1.83. The summed E-state index contributed by atoms with van der Waals surface area (Å²) in [5, 5.41) is 0. The highest BCUT2D eigenvalue weighted by atomic mass is 16.5. The van der Waals surface area contributed by atoms with Crippen LogP contribution in [0.25, 0.3) is 0 Å². The van der Waals surface area contributed by atoms with Crippen LogP contribution in [-0.2, 0) is 4.74 Å². The van der Waals surface area contributed by atoms with E-state index < -0.39 is 0 Å². The molecule has 1 saturated heterocycles. The quantitative estimate of drug-likeness (QED) is 0.444. The zero-order valence-corrected chi connectivity index (χ0v) is 4.84. The molecule has 3 heteroatoms. The summed E-state index contributed by atoms with van der Waals surface area (Å²) in [4.78, 5) is 0. The molecule has 0 saturated carbocycles. The van der Waals surface area contributed by atoms with Gasteiger partial charge in [-0.3, -0.25) is 0 Å². The van der Waals surface area contributed by atoms with Gasteiger partial charge in [-0.25, -0.2) is 0 Å². The lowest BCUT2D eigenvalue weighted by molar-refractivity contribution is 0.00602. The smallest absolute Gasteiger partial charge is 0.120 e. The number of rotatable bonds is 0. The van der Waals surface area contributed by atoms with Gasteiger partial charge in [0.15, 0.2) is 0 Å². The van der Waals surface area contributed by atoms with E-state index in [9.17, 15) is 0 Å². The molecular weight excluding hydrogens is 104 g/mol. The average molecular weight is 116 g/mol. The molecule has 0 bridgehead atoms.